The molecule has 0 saturated carbocycles. The van der Waals surface area contributed by atoms with Gasteiger partial charge in [0.25, 0.3) is 0 Å². The number of ether oxygens (including phenoxy) is 1. The van der Waals surface area contributed by atoms with Gasteiger partial charge in [0.2, 0.25) is 5.95 Å². The summed E-state index contributed by atoms with van der Waals surface area (Å²) in [5.41, 5.74) is 7.54. The first-order chi connectivity index (χ1) is 14.6. The van der Waals surface area contributed by atoms with E-state index >= 15 is 0 Å². The molecule has 0 spiro atoms. The minimum Gasteiger partial charge on any atom is -0.490 e. The van der Waals surface area contributed by atoms with Crippen molar-refractivity contribution in [3.05, 3.63) is 48.8 Å². The largest absolute Gasteiger partial charge is 0.490 e. The average Bonchev–Trinajstić information content (AvgIpc) is 2.96. The van der Waals surface area contributed by atoms with Gasteiger partial charge in [-0.1, -0.05) is 24.3 Å². The van der Waals surface area contributed by atoms with Crippen molar-refractivity contribution < 1.29 is 9.84 Å². The van der Waals surface area contributed by atoms with E-state index < -0.39 is 6.10 Å². The van der Waals surface area contributed by atoms with Crippen LogP contribution in [0.2, 0.25) is 0 Å². The SMILES string of the molecule is CN1CCCN(CC(O)COc2ccc(-c3cnc(N)nc3)c3ccccc23)CC1. The molecule has 7 nitrogen and oxygen atoms in total. The van der Waals surface area contributed by atoms with Crippen LogP contribution < -0.4 is 10.5 Å². The van der Waals surface area contributed by atoms with Gasteiger partial charge >= 0.3 is 0 Å². The van der Waals surface area contributed by atoms with Gasteiger partial charge in [0.05, 0.1) is 0 Å². The Bertz CT molecular complexity index is 979. The third-order valence-electron chi connectivity index (χ3n) is 5.58. The van der Waals surface area contributed by atoms with Gasteiger partial charge < -0.3 is 20.5 Å². The molecule has 0 aliphatic carbocycles. The van der Waals surface area contributed by atoms with Gasteiger partial charge in [-0.3, -0.25) is 4.90 Å². The normalized spacial score (nSPS) is 17.0. The molecule has 158 valence electrons. The van der Waals surface area contributed by atoms with Crippen LogP contribution >= 0.6 is 0 Å². The van der Waals surface area contributed by atoms with E-state index in [4.69, 9.17) is 10.5 Å². The van der Waals surface area contributed by atoms with Gasteiger partial charge in [0.1, 0.15) is 18.5 Å². The summed E-state index contributed by atoms with van der Waals surface area (Å²) in [4.78, 5) is 12.9. The molecule has 1 atom stereocenters. The lowest BCUT2D eigenvalue weighted by Gasteiger charge is -2.23. The van der Waals surface area contributed by atoms with Gasteiger partial charge in [-0.2, -0.15) is 0 Å². The van der Waals surface area contributed by atoms with Crippen LogP contribution in [0.15, 0.2) is 48.8 Å². The van der Waals surface area contributed by atoms with Gasteiger partial charge in [-0.15, -0.1) is 0 Å². The summed E-state index contributed by atoms with van der Waals surface area (Å²) in [6.07, 6.45) is 4.06. The lowest BCUT2D eigenvalue weighted by atomic mass is 9.99. The second kappa shape index (κ2) is 9.38. The molecule has 4 rings (SSSR count). The molecule has 1 aliphatic heterocycles. The number of aliphatic hydroxyl groups excluding tert-OH is 1. The van der Waals surface area contributed by atoms with E-state index in [0.717, 1.165) is 60.2 Å². The fourth-order valence-electron chi connectivity index (χ4n) is 3.95. The molecule has 3 aromatic rings. The predicted octanol–water partition coefficient (Wildman–Crippen LogP) is 2.26. The first kappa shape index (κ1) is 20.5. The summed E-state index contributed by atoms with van der Waals surface area (Å²) in [6, 6.07) is 12.0. The monoisotopic (exact) mass is 407 g/mol. The zero-order valence-corrected chi connectivity index (χ0v) is 17.4. The molecule has 0 bridgehead atoms. The zero-order valence-electron chi connectivity index (χ0n) is 17.4. The minimum absolute atomic E-state index is 0.257. The van der Waals surface area contributed by atoms with Gasteiger partial charge in [0, 0.05) is 43.0 Å². The van der Waals surface area contributed by atoms with E-state index in [1.807, 2.05) is 30.3 Å². The second-order valence-electron chi connectivity index (χ2n) is 7.91. The number of hydrogen-bond acceptors (Lipinski definition) is 7. The smallest absolute Gasteiger partial charge is 0.219 e. The van der Waals surface area contributed by atoms with Crippen LogP contribution in [0.5, 0.6) is 5.75 Å². The van der Waals surface area contributed by atoms with Gasteiger partial charge in [-0.25, -0.2) is 9.97 Å². The number of nitrogens with two attached hydrogens (primary N) is 1. The highest BCUT2D eigenvalue weighted by atomic mass is 16.5. The van der Waals surface area contributed by atoms with Crippen molar-refractivity contribution in [2.24, 2.45) is 0 Å². The molecular formula is C23H29N5O2. The molecule has 1 fully saturated rings. The number of likely N-dealkylation sites (N-methyl/N-ethyl adjacent to an activating group) is 1. The maximum Gasteiger partial charge on any atom is 0.219 e. The first-order valence-electron chi connectivity index (χ1n) is 10.4. The Morgan fingerprint density at radius 1 is 1.03 bits per heavy atom. The first-order valence-corrected chi connectivity index (χ1v) is 10.4. The lowest BCUT2D eigenvalue weighted by Crippen LogP contribution is -2.37. The van der Waals surface area contributed by atoms with Crippen LogP contribution in [0.3, 0.4) is 0 Å². The number of fused-ring (bicyclic) bond motifs is 1. The Morgan fingerprint density at radius 2 is 1.80 bits per heavy atom. The number of aliphatic hydroxyl groups is 1. The van der Waals surface area contributed by atoms with Crippen molar-refractivity contribution in [3.8, 4) is 16.9 Å². The molecule has 1 aromatic heterocycles. The standard InChI is InChI=1S/C23H29N5O2/c1-27-9-4-10-28(12-11-27)15-18(29)16-30-22-8-7-19(17-13-25-23(24)26-14-17)20-5-2-3-6-21(20)22/h2-3,5-8,13-14,18,29H,4,9-12,15-16H2,1H3,(H2,24,25,26). The fourth-order valence-corrected chi connectivity index (χ4v) is 3.95. The van der Waals surface area contributed by atoms with Gasteiger partial charge in [0.15, 0.2) is 0 Å². The number of nitrogens with zero attached hydrogens (tertiary/aromatic N) is 4. The third-order valence-corrected chi connectivity index (χ3v) is 5.58. The molecule has 0 radical (unpaired) electrons. The topological polar surface area (TPSA) is 87.7 Å². The third kappa shape index (κ3) is 4.87. The van der Waals surface area contributed by atoms with E-state index in [1.165, 1.54) is 0 Å². The summed E-state index contributed by atoms with van der Waals surface area (Å²) in [5, 5.41) is 12.6. The second-order valence-corrected chi connectivity index (χ2v) is 7.91. The molecule has 0 amide bonds. The molecule has 1 aliphatic rings. The van der Waals surface area contributed by atoms with E-state index in [1.54, 1.807) is 12.4 Å². The fraction of sp³-hybridized carbons (Fsp3) is 0.391. The van der Waals surface area contributed by atoms with Crippen molar-refractivity contribution in [1.82, 2.24) is 19.8 Å². The lowest BCUT2D eigenvalue weighted by molar-refractivity contribution is 0.0702. The highest BCUT2D eigenvalue weighted by molar-refractivity contribution is 5.99. The molecule has 2 heterocycles. The molecule has 7 heteroatoms. The maximum absolute atomic E-state index is 10.5. The Labute approximate surface area is 177 Å². The highest BCUT2D eigenvalue weighted by Gasteiger charge is 2.17. The number of hydrogen-bond donors (Lipinski definition) is 2. The number of anilines is 1. The van der Waals surface area contributed by atoms with Crippen molar-refractivity contribution in [2.75, 3.05) is 52.1 Å². The van der Waals surface area contributed by atoms with Crippen molar-refractivity contribution >= 4 is 16.7 Å². The Hall–Kier alpha value is -2.74. The Balaban J connectivity index is 1.47. The molecule has 2 aromatic carbocycles. The van der Waals surface area contributed by atoms with E-state index in [9.17, 15) is 5.11 Å². The number of benzene rings is 2. The number of aromatic nitrogens is 2. The molecule has 3 N–H and O–H groups in total. The Morgan fingerprint density at radius 3 is 2.60 bits per heavy atom. The van der Waals surface area contributed by atoms with Crippen LogP contribution in [0, 0.1) is 0 Å². The number of nitrogen functional groups attached to an aromatic ring is 1. The van der Waals surface area contributed by atoms with Crippen LogP contribution in [0.4, 0.5) is 5.95 Å². The summed E-state index contributed by atoms with van der Waals surface area (Å²) < 4.78 is 6.05. The number of β-amino-alcohol motifs (C(OH)–C–C–N with tert-alkyl or cyclic N) is 1. The molecule has 30 heavy (non-hydrogen) atoms. The van der Waals surface area contributed by atoms with Crippen LogP contribution in [0.1, 0.15) is 6.42 Å². The van der Waals surface area contributed by atoms with Gasteiger partial charge in [-0.05, 0) is 49.6 Å². The van der Waals surface area contributed by atoms with Crippen molar-refractivity contribution in [1.29, 1.82) is 0 Å². The summed E-state index contributed by atoms with van der Waals surface area (Å²) in [5.74, 6) is 1.02. The minimum atomic E-state index is -0.530. The van der Waals surface area contributed by atoms with Crippen LogP contribution in [0.25, 0.3) is 21.9 Å². The quantitative estimate of drug-likeness (QED) is 0.648. The Kier molecular flexibility index (Phi) is 6.42. The predicted molar refractivity (Wildman–Crippen MR) is 119 cm³/mol. The number of rotatable bonds is 6. The molecule has 1 unspecified atom stereocenters. The van der Waals surface area contributed by atoms with Crippen LogP contribution in [-0.4, -0.2) is 77.4 Å². The maximum atomic E-state index is 10.5. The molecule has 1 saturated heterocycles. The van der Waals surface area contributed by atoms with Crippen LogP contribution in [-0.2, 0) is 0 Å². The summed E-state index contributed by atoms with van der Waals surface area (Å²) in [6.45, 7) is 5.04. The van der Waals surface area contributed by atoms with E-state index in [2.05, 4.69) is 32.9 Å². The van der Waals surface area contributed by atoms with E-state index in [0.29, 0.717) is 6.54 Å². The highest BCUT2D eigenvalue weighted by Crippen LogP contribution is 2.34. The summed E-state index contributed by atoms with van der Waals surface area (Å²) >= 11 is 0. The van der Waals surface area contributed by atoms with Crippen molar-refractivity contribution in [2.45, 2.75) is 12.5 Å². The zero-order chi connectivity index (χ0) is 20.9. The van der Waals surface area contributed by atoms with E-state index in [-0.39, 0.29) is 12.6 Å². The average molecular weight is 408 g/mol. The molecular weight excluding hydrogens is 378 g/mol. The van der Waals surface area contributed by atoms with Crippen molar-refractivity contribution in [3.63, 3.8) is 0 Å². The summed E-state index contributed by atoms with van der Waals surface area (Å²) in [7, 11) is 2.15.